The standard InChI is InChI=1S/C21H31ClN6O/c1-23-21(24-15-19-16-25-5-7-26(19)8-6-25)28-11-9-27(10-12-28)20(29)14-17-3-2-4-18(22)13-17/h2-4,13,19H,5-12,14-16H2,1H3,(H,23,24). The molecule has 1 N–H and O–H groups in total. The van der Waals surface area contributed by atoms with E-state index in [0.29, 0.717) is 17.5 Å². The van der Waals surface area contributed by atoms with Gasteiger partial charge < -0.3 is 15.1 Å². The van der Waals surface area contributed by atoms with E-state index in [1.54, 1.807) is 0 Å². The zero-order valence-electron chi connectivity index (χ0n) is 17.2. The molecule has 0 spiro atoms. The molecule has 2 bridgehead atoms. The lowest BCUT2D eigenvalue weighted by atomic mass is 10.1. The molecule has 158 valence electrons. The van der Waals surface area contributed by atoms with Crippen molar-refractivity contribution >= 4 is 23.5 Å². The fraction of sp³-hybridized carbons (Fsp3) is 0.619. The van der Waals surface area contributed by atoms with Crippen molar-refractivity contribution in [1.82, 2.24) is 24.9 Å². The number of benzene rings is 1. The highest BCUT2D eigenvalue weighted by molar-refractivity contribution is 6.30. The van der Waals surface area contributed by atoms with Crippen molar-refractivity contribution < 1.29 is 4.79 Å². The molecule has 1 aromatic rings. The van der Waals surface area contributed by atoms with Crippen LogP contribution in [0.3, 0.4) is 0 Å². The number of carbonyl (C=O) groups is 1. The molecule has 4 aliphatic rings. The van der Waals surface area contributed by atoms with E-state index in [4.69, 9.17) is 11.6 Å². The molecule has 0 aliphatic carbocycles. The summed E-state index contributed by atoms with van der Waals surface area (Å²) < 4.78 is 0. The van der Waals surface area contributed by atoms with Crippen molar-refractivity contribution in [3.8, 4) is 0 Å². The van der Waals surface area contributed by atoms with Crippen molar-refractivity contribution in [3.63, 3.8) is 0 Å². The van der Waals surface area contributed by atoms with Crippen LogP contribution in [0.1, 0.15) is 5.56 Å². The van der Waals surface area contributed by atoms with Crippen molar-refractivity contribution in [1.29, 1.82) is 0 Å². The van der Waals surface area contributed by atoms with Crippen LogP contribution in [0.15, 0.2) is 29.3 Å². The second-order valence-electron chi connectivity index (χ2n) is 8.09. The van der Waals surface area contributed by atoms with E-state index in [0.717, 1.165) is 50.8 Å². The molecular formula is C21H31ClN6O. The predicted molar refractivity (Wildman–Crippen MR) is 116 cm³/mol. The van der Waals surface area contributed by atoms with Crippen molar-refractivity contribution in [3.05, 3.63) is 34.9 Å². The van der Waals surface area contributed by atoms with E-state index in [2.05, 4.69) is 25.0 Å². The number of aliphatic imine (C=N–C) groups is 1. The Bertz CT molecular complexity index is 740. The third kappa shape index (κ3) is 5.02. The van der Waals surface area contributed by atoms with Crippen LogP contribution in [0.5, 0.6) is 0 Å². The summed E-state index contributed by atoms with van der Waals surface area (Å²) in [6.45, 7) is 9.91. The third-order valence-electron chi connectivity index (χ3n) is 6.28. The Morgan fingerprint density at radius 2 is 1.83 bits per heavy atom. The second kappa shape index (κ2) is 9.32. The van der Waals surface area contributed by atoms with Crippen LogP contribution in [0.25, 0.3) is 0 Å². The molecule has 1 amide bonds. The zero-order valence-corrected chi connectivity index (χ0v) is 17.9. The number of nitrogens with one attached hydrogen (secondary N) is 1. The highest BCUT2D eigenvalue weighted by Crippen LogP contribution is 2.15. The van der Waals surface area contributed by atoms with Crippen LogP contribution in [0.4, 0.5) is 0 Å². The highest BCUT2D eigenvalue weighted by Gasteiger charge is 2.32. The van der Waals surface area contributed by atoms with Gasteiger partial charge in [-0.05, 0) is 17.7 Å². The van der Waals surface area contributed by atoms with Crippen LogP contribution in [-0.4, -0.2) is 110 Å². The summed E-state index contributed by atoms with van der Waals surface area (Å²) in [5.41, 5.74) is 0.968. The van der Waals surface area contributed by atoms with Gasteiger partial charge in [0.2, 0.25) is 5.91 Å². The number of carbonyl (C=O) groups excluding carboxylic acids is 1. The fourth-order valence-corrected chi connectivity index (χ4v) is 4.77. The van der Waals surface area contributed by atoms with Crippen LogP contribution in [0.2, 0.25) is 5.02 Å². The SMILES string of the molecule is CN=C(NCC1CN2CCN1CC2)N1CCN(C(=O)Cc2cccc(Cl)c2)CC1. The molecule has 0 saturated carbocycles. The van der Waals surface area contributed by atoms with E-state index in [9.17, 15) is 4.79 Å². The number of halogens is 1. The minimum atomic E-state index is 0.162. The minimum absolute atomic E-state index is 0.162. The Labute approximate surface area is 178 Å². The number of guanidine groups is 1. The van der Waals surface area contributed by atoms with Gasteiger partial charge in [-0.2, -0.15) is 0 Å². The van der Waals surface area contributed by atoms with Crippen LogP contribution < -0.4 is 5.32 Å². The Kier molecular flexibility index (Phi) is 6.57. The first-order valence-electron chi connectivity index (χ1n) is 10.6. The summed E-state index contributed by atoms with van der Waals surface area (Å²) in [6.07, 6.45) is 0.404. The maximum absolute atomic E-state index is 12.6. The second-order valence-corrected chi connectivity index (χ2v) is 8.53. The van der Waals surface area contributed by atoms with Gasteiger partial charge in [0, 0.05) is 83.6 Å². The lowest BCUT2D eigenvalue weighted by Crippen LogP contribution is -2.64. The first-order valence-corrected chi connectivity index (χ1v) is 10.9. The summed E-state index contributed by atoms with van der Waals surface area (Å²) >= 11 is 6.03. The van der Waals surface area contributed by atoms with Gasteiger partial charge in [-0.25, -0.2) is 0 Å². The maximum atomic E-state index is 12.6. The first-order chi connectivity index (χ1) is 14.1. The average Bonchev–Trinajstić information content (AvgIpc) is 2.75. The summed E-state index contributed by atoms with van der Waals surface area (Å²) in [4.78, 5) is 26.5. The van der Waals surface area contributed by atoms with Gasteiger partial charge in [-0.15, -0.1) is 0 Å². The van der Waals surface area contributed by atoms with Crippen molar-refractivity contribution in [2.75, 3.05) is 72.5 Å². The fourth-order valence-electron chi connectivity index (χ4n) is 4.56. The number of hydrogen-bond donors (Lipinski definition) is 1. The largest absolute Gasteiger partial charge is 0.355 e. The molecular weight excluding hydrogens is 388 g/mol. The first kappa shape index (κ1) is 20.4. The summed E-state index contributed by atoms with van der Waals surface area (Å²) in [5, 5.41) is 4.25. The summed E-state index contributed by atoms with van der Waals surface area (Å²) in [6, 6.07) is 8.11. The van der Waals surface area contributed by atoms with Gasteiger partial charge >= 0.3 is 0 Å². The van der Waals surface area contributed by atoms with Crippen LogP contribution >= 0.6 is 11.6 Å². The molecule has 4 fully saturated rings. The lowest BCUT2D eigenvalue weighted by molar-refractivity contribution is -0.131. The topological polar surface area (TPSA) is 54.4 Å². The molecule has 4 aliphatic heterocycles. The van der Waals surface area contributed by atoms with Gasteiger partial charge in [-0.3, -0.25) is 19.6 Å². The number of piperazine rings is 4. The molecule has 1 aromatic carbocycles. The Balaban J connectivity index is 1.24. The van der Waals surface area contributed by atoms with Gasteiger partial charge in [0.15, 0.2) is 5.96 Å². The van der Waals surface area contributed by atoms with Gasteiger partial charge in [0.05, 0.1) is 6.42 Å². The number of amides is 1. The molecule has 0 aromatic heterocycles. The average molecular weight is 419 g/mol. The van der Waals surface area contributed by atoms with E-state index >= 15 is 0 Å². The predicted octanol–water partition coefficient (Wildman–Crippen LogP) is 0.602. The molecule has 1 atom stereocenters. The normalized spacial score (nSPS) is 27.2. The van der Waals surface area contributed by atoms with Crippen molar-refractivity contribution in [2.45, 2.75) is 12.5 Å². The third-order valence-corrected chi connectivity index (χ3v) is 6.51. The number of rotatable bonds is 4. The van der Waals surface area contributed by atoms with E-state index in [1.807, 2.05) is 36.2 Å². The van der Waals surface area contributed by atoms with Crippen LogP contribution in [0, 0.1) is 0 Å². The molecule has 4 heterocycles. The summed E-state index contributed by atoms with van der Waals surface area (Å²) in [5.74, 6) is 1.11. The van der Waals surface area contributed by atoms with E-state index in [-0.39, 0.29) is 5.91 Å². The Morgan fingerprint density at radius 3 is 2.45 bits per heavy atom. The van der Waals surface area contributed by atoms with Gasteiger partial charge in [0.25, 0.3) is 0 Å². The smallest absolute Gasteiger partial charge is 0.227 e. The number of fused-ring (bicyclic) bond motifs is 3. The van der Waals surface area contributed by atoms with Gasteiger partial charge in [-0.1, -0.05) is 23.7 Å². The molecule has 29 heavy (non-hydrogen) atoms. The molecule has 1 unspecified atom stereocenters. The molecule has 8 heteroatoms. The van der Waals surface area contributed by atoms with Crippen molar-refractivity contribution in [2.24, 2.45) is 4.99 Å². The highest BCUT2D eigenvalue weighted by atomic mass is 35.5. The monoisotopic (exact) mass is 418 g/mol. The Hall–Kier alpha value is -1.83. The van der Waals surface area contributed by atoms with Gasteiger partial charge in [0.1, 0.15) is 0 Å². The zero-order chi connectivity index (χ0) is 20.2. The lowest BCUT2D eigenvalue weighted by Gasteiger charge is -2.47. The molecule has 7 nitrogen and oxygen atoms in total. The number of hydrogen-bond acceptors (Lipinski definition) is 4. The molecule has 0 radical (unpaired) electrons. The van der Waals surface area contributed by atoms with E-state index in [1.165, 1.54) is 26.2 Å². The minimum Gasteiger partial charge on any atom is -0.355 e. The van der Waals surface area contributed by atoms with Crippen LogP contribution in [-0.2, 0) is 11.2 Å². The molecule has 5 rings (SSSR count). The number of nitrogens with zero attached hydrogens (tertiary/aromatic N) is 5. The quantitative estimate of drug-likeness (QED) is 0.573. The Morgan fingerprint density at radius 1 is 1.10 bits per heavy atom. The van der Waals surface area contributed by atoms with E-state index < -0.39 is 0 Å². The molecule has 4 saturated heterocycles. The summed E-state index contributed by atoms with van der Waals surface area (Å²) in [7, 11) is 1.84. The maximum Gasteiger partial charge on any atom is 0.227 e.